The molecular formula is C22H18N4O3S2. The highest BCUT2D eigenvalue weighted by Crippen LogP contribution is 2.17. The van der Waals surface area contributed by atoms with E-state index in [2.05, 4.69) is 15.7 Å². The van der Waals surface area contributed by atoms with Gasteiger partial charge in [-0.05, 0) is 29.1 Å². The Balaban J connectivity index is 1.54. The molecule has 0 spiro atoms. The van der Waals surface area contributed by atoms with E-state index in [1.165, 1.54) is 11.3 Å². The molecule has 2 aromatic heterocycles. The fraction of sp³-hybridized carbons (Fsp3) is 0.0909. The Morgan fingerprint density at radius 2 is 1.77 bits per heavy atom. The minimum absolute atomic E-state index is 0.0481. The molecule has 2 heterocycles. The smallest absolute Gasteiger partial charge is 0.281 e. The van der Waals surface area contributed by atoms with Crippen LogP contribution in [0.1, 0.15) is 15.2 Å². The lowest BCUT2D eigenvalue weighted by Crippen LogP contribution is -2.35. The van der Waals surface area contributed by atoms with Crippen LogP contribution < -0.4 is 16.3 Å². The number of hydrogen-bond acceptors (Lipinski definition) is 6. The molecule has 7 nitrogen and oxygen atoms in total. The van der Waals surface area contributed by atoms with Gasteiger partial charge in [0.25, 0.3) is 11.5 Å². The van der Waals surface area contributed by atoms with E-state index >= 15 is 0 Å². The third-order valence-corrected chi connectivity index (χ3v) is 6.18. The summed E-state index contributed by atoms with van der Waals surface area (Å²) >= 11 is 2.36. The molecular weight excluding hydrogens is 432 g/mol. The van der Waals surface area contributed by atoms with Gasteiger partial charge in [0, 0.05) is 6.54 Å². The van der Waals surface area contributed by atoms with E-state index in [0.29, 0.717) is 22.3 Å². The Labute approximate surface area is 186 Å². The molecule has 0 aliphatic carbocycles. The minimum atomic E-state index is -0.412. The number of thiophene rings is 1. The summed E-state index contributed by atoms with van der Waals surface area (Å²) in [5, 5.41) is 5.24. The number of nitrogens with zero attached hydrogens (tertiary/aromatic N) is 2. The molecule has 0 atom stereocenters. The maximum Gasteiger partial charge on any atom is 0.281 e. The highest BCUT2D eigenvalue weighted by molar-refractivity contribution is 7.99. The van der Waals surface area contributed by atoms with Crippen molar-refractivity contribution in [3.8, 4) is 0 Å². The number of aromatic nitrogens is 2. The van der Waals surface area contributed by atoms with Crippen LogP contribution in [0.2, 0.25) is 0 Å². The second-order valence-corrected chi connectivity index (χ2v) is 8.41. The molecule has 2 aromatic carbocycles. The Bertz CT molecular complexity index is 1270. The first-order chi connectivity index (χ1) is 15.1. The lowest BCUT2D eigenvalue weighted by atomic mass is 10.2. The van der Waals surface area contributed by atoms with Gasteiger partial charge in [0.15, 0.2) is 5.16 Å². The Kier molecular flexibility index (Phi) is 6.44. The van der Waals surface area contributed by atoms with Gasteiger partial charge in [-0.2, -0.15) is 4.68 Å². The normalized spacial score (nSPS) is 10.7. The third-order valence-electron chi connectivity index (χ3n) is 4.37. The SMILES string of the molecule is O=C(CSc1nc2ccccc2c(=O)n1NC(=O)c1cccs1)NCc1ccccc1. The topological polar surface area (TPSA) is 93.1 Å². The zero-order valence-electron chi connectivity index (χ0n) is 16.3. The molecule has 0 aliphatic rings. The molecule has 31 heavy (non-hydrogen) atoms. The van der Waals surface area contributed by atoms with Crippen molar-refractivity contribution in [1.82, 2.24) is 15.0 Å². The second-order valence-electron chi connectivity index (χ2n) is 6.52. The van der Waals surface area contributed by atoms with Crippen LogP contribution in [-0.2, 0) is 11.3 Å². The van der Waals surface area contributed by atoms with E-state index in [4.69, 9.17) is 0 Å². The summed E-state index contributed by atoms with van der Waals surface area (Å²) in [5.41, 5.74) is 3.71. The monoisotopic (exact) mass is 450 g/mol. The first kappa shape index (κ1) is 20.8. The molecule has 4 aromatic rings. The van der Waals surface area contributed by atoms with Gasteiger partial charge in [0.05, 0.1) is 21.5 Å². The lowest BCUT2D eigenvalue weighted by molar-refractivity contribution is -0.118. The number of nitrogens with one attached hydrogen (secondary N) is 2. The Hall–Kier alpha value is -3.43. The van der Waals surface area contributed by atoms with Crippen molar-refractivity contribution in [3.63, 3.8) is 0 Å². The molecule has 0 aliphatic heterocycles. The molecule has 2 amide bonds. The predicted octanol–water partition coefficient (Wildman–Crippen LogP) is 3.25. The van der Waals surface area contributed by atoms with Crippen LogP contribution in [0.15, 0.2) is 82.1 Å². The van der Waals surface area contributed by atoms with Crippen LogP contribution in [0.4, 0.5) is 0 Å². The van der Waals surface area contributed by atoms with E-state index in [9.17, 15) is 14.4 Å². The standard InChI is InChI=1S/C22H18N4O3S2/c27-19(23-13-15-7-2-1-3-8-15)14-31-22-24-17-10-5-4-9-16(17)21(29)26(22)25-20(28)18-11-6-12-30-18/h1-12H,13-14H2,(H,23,27)(H,25,28). The zero-order valence-corrected chi connectivity index (χ0v) is 17.9. The number of hydrogen-bond donors (Lipinski definition) is 2. The van der Waals surface area contributed by atoms with Gasteiger partial charge in [-0.15, -0.1) is 11.3 Å². The van der Waals surface area contributed by atoms with Gasteiger partial charge in [0.1, 0.15) is 0 Å². The molecule has 0 bridgehead atoms. The average molecular weight is 451 g/mol. The summed E-state index contributed by atoms with van der Waals surface area (Å²) in [7, 11) is 0. The number of thioether (sulfide) groups is 1. The first-order valence-electron chi connectivity index (χ1n) is 9.42. The van der Waals surface area contributed by atoms with E-state index in [1.807, 2.05) is 30.3 Å². The third kappa shape index (κ3) is 5.01. The highest BCUT2D eigenvalue weighted by Gasteiger charge is 2.16. The van der Waals surface area contributed by atoms with Crippen LogP contribution in [0.5, 0.6) is 0 Å². The summed E-state index contributed by atoms with van der Waals surface area (Å²) in [5.74, 6) is -0.566. The Morgan fingerprint density at radius 1 is 1.00 bits per heavy atom. The summed E-state index contributed by atoms with van der Waals surface area (Å²) in [4.78, 5) is 42.8. The van der Waals surface area contributed by atoms with Crippen molar-refractivity contribution in [2.75, 3.05) is 11.2 Å². The number of rotatable bonds is 7. The largest absolute Gasteiger partial charge is 0.351 e. The minimum Gasteiger partial charge on any atom is -0.351 e. The Morgan fingerprint density at radius 3 is 2.55 bits per heavy atom. The van der Waals surface area contributed by atoms with Crippen LogP contribution in [-0.4, -0.2) is 27.2 Å². The van der Waals surface area contributed by atoms with E-state index in [1.54, 1.807) is 41.8 Å². The molecule has 156 valence electrons. The van der Waals surface area contributed by atoms with Crippen molar-refractivity contribution in [2.45, 2.75) is 11.7 Å². The summed E-state index contributed by atoms with van der Waals surface area (Å²) in [6.45, 7) is 0.410. The van der Waals surface area contributed by atoms with E-state index in [-0.39, 0.29) is 16.8 Å². The van der Waals surface area contributed by atoms with E-state index < -0.39 is 11.5 Å². The number of amides is 2. The maximum absolute atomic E-state index is 13.0. The molecule has 0 radical (unpaired) electrons. The summed E-state index contributed by atoms with van der Waals surface area (Å²) in [6, 6.07) is 19.9. The van der Waals surface area contributed by atoms with E-state index in [0.717, 1.165) is 22.0 Å². The molecule has 2 N–H and O–H groups in total. The second kappa shape index (κ2) is 9.59. The molecule has 0 saturated heterocycles. The van der Waals surface area contributed by atoms with Crippen molar-refractivity contribution in [3.05, 3.63) is 92.9 Å². The molecule has 0 saturated carbocycles. The van der Waals surface area contributed by atoms with Gasteiger partial charge in [-0.3, -0.25) is 19.8 Å². The quantitative estimate of drug-likeness (QED) is 0.333. The number of carbonyl (C=O) groups is 2. The molecule has 9 heteroatoms. The summed E-state index contributed by atoms with van der Waals surface area (Å²) < 4.78 is 1.11. The number of para-hydroxylation sites is 1. The van der Waals surface area contributed by atoms with Gasteiger partial charge >= 0.3 is 0 Å². The predicted molar refractivity (Wildman–Crippen MR) is 123 cm³/mol. The van der Waals surface area contributed by atoms with Crippen LogP contribution in [0, 0.1) is 0 Å². The molecule has 0 unspecified atom stereocenters. The van der Waals surface area contributed by atoms with Crippen molar-refractivity contribution in [1.29, 1.82) is 0 Å². The highest BCUT2D eigenvalue weighted by atomic mass is 32.2. The molecule has 0 fully saturated rings. The maximum atomic E-state index is 13.0. The number of fused-ring (bicyclic) bond motifs is 1. The van der Waals surface area contributed by atoms with Gasteiger partial charge < -0.3 is 5.32 Å². The fourth-order valence-electron chi connectivity index (χ4n) is 2.85. The summed E-state index contributed by atoms with van der Waals surface area (Å²) in [6.07, 6.45) is 0. The average Bonchev–Trinajstić information content (AvgIpc) is 3.34. The number of carbonyl (C=O) groups excluding carboxylic acids is 2. The van der Waals surface area contributed by atoms with Crippen molar-refractivity contribution >= 4 is 45.8 Å². The van der Waals surface area contributed by atoms with Gasteiger partial charge in [-0.1, -0.05) is 60.3 Å². The van der Waals surface area contributed by atoms with Crippen molar-refractivity contribution in [2.24, 2.45) is 0 Å². The fourth-order valence-corrected chi connectivity index (χ4v) is 4.25. The van der Waals surface area contributed by atoms with Crippen LogP contribution >= 0.6 is 23.1 Å². The van der Waals surface area contributed by atoms with Gasteiger partial charge in [-0.25, -0.2) is 4.98 Å². The van der Waals surface area contributed by atoms with Gasteiger partial charge in [0.2, 0.25) is 5.91 Å². The molecule has 4 rings (SSSR count). The lowest BCUT2D eigenvalue weighted by Gasteiger charge is -2.13. The van der Waals surface area contributed by atoms with Crippen molar-refractivity contribution < 1.29 is 9.59 Å². The zero-order chi connectivity index (χ0) is 21.6. The van der Waals surface area contributed by atoms with Crippen LogP contribution in [0.25, 0.3) is 10.9 Å². The van der Waals surface area contributed by atoms with Crippen LogP contribution in [0.3, 0.4) is 0 Å². The number of benzene rings is 2. The first-order valence-corrected chi connectivity index (χ1v) is 11.3.